The van der Waals surface area contributed by atoms with Crippen molar-refractivity contribution in [2.45, 2.75) is 70.0 Å². The van der Waals surface area contributed by atoms with Gasteiger partial charge >= 0.3 is 0 Å². The molecule has 33 heavy (non-hydrogen) atoms. The molecule has 172 valence electrons. The van der Waals surface area contributed by atoms with Gasteiger partial charge in [-0.3, -0.25) is 9.59 Å². The fourth-order valence-corrected chi connectivity index (χ4v) is 5.36. The molecule has 3 aromatic rings. The normalized spacial score (nSPS) is 22.2. The molecular weight excluding hydrogens is 412 g/mol. The topological polar surface area (TPSA) is 67.2 Å². The number of hydrogen-bond acceptors (Lipinski definition) is 3. The lowest BCUT2D eigenvalue weighted by atomic mass is 9.90. The number of para-hydroxylation sites is 2. The molecule has 1 N–H and O–H groups in total. The molecule has 2 aromatic carbocycles. The van der Waals surface area contributed by atoms with Crippen molar-refractivity contribution < 1.29 is 9.59 Å². The highest BCUT2D eigenvalue weighted by Crippen LogP contribution is 2.33. The molecule has 1 saturated carbocycles. The molecule has 1 aromatic heterocycles. The fourth-order valence-electron chi connectivity index (χ4n) is 5.36. The molecule has 0 bridgehead atoms. The zero-order chi connectivity index (χ0) is 23.0. The molecule has 6 nitrogen and oxygen atoms in total. The SMILES string of the molecule is C[C@@H](CN1C(=O)c2nc3ccccc3n2C[C@@]1(C)C(=O)NC1CCCCC1)c1ccccc1. The van der Waals surface area contributed by atoms with Crippen molar-refractivity contribution in [1.82, 2.24) is 19.8 Å². The first kappa shape index (κ1) is 21.7. The average molecular weight is 445 g/mol. The first-order valence-electron chi connectivity index (χ1n) is 12.1. The largest absolute Gasteiger partial charge is 0.351 e. The van der Waals surface area contributed by atoms with E-state index in [-0.39, 0.29) is 23.8 Å². The van der Waals surface area contributed by atoms with Crippen LogP contribution in [0.5, 0.6) is 0 Å². The maximum Gasteiger partial charge on any atom is 0.290 e. The standard InChI is InChI=1S/C27H32N4O2/c1-19(20-11-5-3-6-12-20)17-31-25(32)24-29-22-15-9-10-16-23(22)30(24)18-27(31,2)26(33)28-21-13-7-4-8-14-21/h3,5-6,9-12,15-16,19,21H,4,7-8,13-14,17-18H2,1-2H3,(H,28,33)/t19-,27-/m0/s1. The van der Waals surface area contributed by atoms with Crippen LogP contribution in [0.15, 0.2) is 54.6 Å². The number of carbonyl (C=O) groups is 2. The van der Waals surface area contributed by atoms with E-state index in [9.17, 15) is 9.59 Å². The number of aromatic nitrogens is 2. The molecule has 1 aliphatic carbocycles. The van der Waals surface area contributed by atoms with Crippen LogP contribution in [-0.2, 0) is 11.3 Å². The quantitative estimate of drug-likeness (QED) is 0.630. The molecule has 0 spiro atoms. The number of benzene rings is 2. The molecule has 1 fully saturated rings. The summed E-state index contributed by atoms with van der Waals surface area (Å²) in [5, 5.41) is 3.30. The van der Waals surface area contributed by atoms with Crippen LogP contribution in [0.25, 0.3) is 11.0 Å². The lowest BCUT2D eigenvalue weighted by molar-refractivity contribution is -0.134. The van der Waals surface area contributed by atoms with Crippen LogP contribution >= 0.6 is 0 Å². The van der Waals surface area contributed by atoms with E-state index >= 15 is 0 Å². The Morgan fingerprint density at radius 2 is 1.79 bits per heavy atom. The van der Waals surface area contributed by atoms with E-state index in [1.807, 2.05) is 54.0 Å². The monoisotopic (exact) mass is 444 g/mol. The second-order valence-corrected chi connectivity index (χ2v) is 9.82. The Balaban J connectivity index is 1.52. The van der Waals surface area contributed by atoms with Crippen molar-refractivity contribution in [3.05, 3.63) is 66.0 Å². The fraction of sp³-hybridized carbons (Fsp3) is 0.444. The maximum atomic E-state index is 13.8. The second-order valence-electron chi connectivity index (χ2n) is 9.82. The summed E-state index contributed by atoms with van der Waals surface area (Å²) in [5.74, 6) is 0.264. The van der Waals surface area contributed by atoms with Crippen molar-refractivity contribution in [2.75, 3.05) is 6.54 Å². The van der Waals surface area contributed by atoms with Crippen molar-refractivity contribution in [1.29, 1.82) is 0 Å². The Morgan fingerprint density at radius 1 is 1.09 bits per heavy atom. The first-order valence-corrected chi connectivity index (χ1v) is 12.1. The number of hydrogen-bond donors (Lipinski definition) is 1. The molecular formula is C27H32N4O2. The van der Waals surface area contributed by atoms with E-state index in [0.717, 1.165) is 42.3 Å². The van der Waals surface area contributed by atoms with Gasteiger partial charge in [-0.05, 0) is 43.4 Å². The van der Waals surface area contributed by atoms with Crippen LogP contribution < -0.4 is 5.32 Å². The Kier molecular flexibility index (Phi) is 5.69. The van der Waals surface area contributed by atoms with E-state index in [1.165, 1.54) is 6.42 Å². The van der Waals surface area contributed by atoms with Crippen LogP contribution in [0.4, 0.5) is 0 Å². The minimum atomic E-state index is -0.992. The zero-order valence-corrected chi connectivity index (χ0v) is 19.5. The van der Waals surface area contributed by atoms with Crippen molar-refractivity contribution in [2.24, 2.45) is 0 Å². The average Bonchev–Trinajstić information content (AvgIpc) is 3.21. The summed E-state index contributed by atoms with van der Waals surface area (Å²) in [7, 11) is 0. The summed E-state index contributed by atoms with van der Waals surface area (Å²) in [5.41, 5.74) is 1.84. The van der Waals surface area contributed by atoms with Gasteiger partial charge in [0, 0.05) is 12.6 Å². The smallest absolute Gasteiger partial charge is 0.290 e. The van der Waals surface area contributed by atoms with Crippen LogP contribution in [0.1, 0.15) is 68.1 Å². The van der Waals surface area contributed by atoms with Gasteiger partial charge in [0.1, 0.15) is 5.54 Å². The molecule has 6 heteroatoms. The van der Waals surface area contributed by atoms with E-state index in [0.29, 0.717) is 18.9 Å². The summed E-state index contributed by atoms with van der Waals surface area (Å²) in [6.45, 7) is 4.88. The zero-order valence-electron chi connectivity index (χ0n) is 19.5. The van der Waals surface area contributed by atoms with Crippen molar-refractivity contribution in [3.63, 3.8) is 0 Å². The highest BCUT2D eigenvalue weighted by Gasteiger charge is 2.49. The summed E-state index contributed by atoms with van der Waals surface area (Å²) >= 11 is 0. The third-order valence-corrected chi connectivity index (χ3v) is 7.41. The second kappa shape index (κ2) is 8.65. The number of carbonyl (C=O) groups excluding carboxylic acids is 2. The third kappa shape index (κ3) is 3.92. The van der Waals surface area contributed by atoms with Crippen LogP contribution in [0, 0.1) is 0 Å². The number of nitrogens with one attached hydrogen (secondary N) is 1. The number of imidazole rings is 1. The lowest BCUT2D eigenvalue weighted by Gasteiger charge is -2.45. The van der Waals surface area contributed by atoms with Gasteiger partial charge in [-0.1, -0.05) is 68.7 Å². The molecule has 1 aliphatic heterocycles. The minimum absolute atomic E-state index is 0.0635. The van der Waals surface area contributed by atoms with Gasteiger partial charge in [-0.15, -0.1) is 0 Å². The number of nitrogens with zero attached hydrogens (tertiary/aromatic N) is 3. The van der Waals surface area contributed by atoms with Crippen molar-refractivity contribution >= 4 is 22.8 Å². The summed E-state index contributed by atoms with van der Waals surface area (Å²) < 4.78 is 1.93. The van der Waals surface area contributed by atoms with Gasteiger partial charge in [-0.2, -0.15) is 0 Å². The van der Waals surface area contributed by atoms with Gasteiger partial charge in [-0.25, -0.2) is 4.98 Å². The predicted octanol–water partition coefficient (Wildman–Crippen LogP) is 4.50. The Hall–Kier alpha value is -3.15. The predicted molar refractivity (Wildman–Crippen MR) is 129 cm³/mol. The van der Waals surface area contributed by atoms with Gasteiger partial charge in [0.15, 0.2) is 5.82 Å². The molecule has 2 atom stereocenters. The van der Waals surface area contributed by atoms with E-state index < -0.39 is 5.54 Å². The molecule has 2 heterocycles. The highest BCUT2D eigenvalue weighted by molar-refractivity contribution is 6.01. The Bertz CT molecular complexity index is 1170. The molecule has 0 unspecified atom stereocenters. The van der Waals surface area contributed by atoms with E-state index in [2.05, 4.69) is 29.4 Å². The highest BCUT2D eigenvalue weighted by atomic mass is 16.2. The summed E-state index contributed by atoms with van der Waals surface area (Å²) in [4.78, 5) is 34.0. The van der Waals surface area contributed by atoms with Gasteiger partial charge in [0.05, 0.1) is 17.6 Å². The molecule has 0 radical (unpaired) electrons. The molecule has 0 saturated heterocycles. The third-order valence-electron chi connectivity index (χ3n) is 7.41. The number of rotatable bonds is 5. The number of fused-ring (bicyclic) bond motifs is 3. The molecule has 2 aliphatic rings. The molecule has 5 rings (SSSR count). The van der Waals surface area contributed by atoms with Crippen LogP contribution in [-0.4, -0.2) is 44.4 Å². The maximum absolute atomic E-state index is 13.8. The number of amides is 2. The Morgan fingerprint density at radius 3 is 2.55 bits per heavy atom. The molecule has 2 amide bonds. The van der Waals surface area contributed by atoms with Gasteiger partial charge < -0.3 is 14.8 Å². The van der Waals surface area contributed by atoms with Crippen LogP contribution in [0.3, 0.4) is 0 Å². The van der Waals surface area contributed by atoms with E-state index in [1.54, 1.807) is 4.90 Å². The first-order chi connectivity index (χ1) is 16.0. The Labute approximate surface area is 195 Å². The van der Waals surface area contributed by atoms with Gasteiger partial charge in [0.25, 0.3) is 5.91 Å². The summed E-state index contributed by atoms with van der Waals surface area (Å²) in [6.07, 6.45) is 5.54. The summed E-state index contributed by atoms with van der Waals surface area (Å²) in [6, 6.07) is 18.1. The van der Waals surface area contributed by atoms with Crippen molar-refractivity contribution in [3.8, 4) is 0 Å². The minimum Gasteiger partial charge on any atom is -0.351 e. The van der Waals surface area contributed by atoms with Gasteiger partial charge in [0.2, 0.25) is 5.91 Å². The lowest BCUT2D eigenvalue weighted by Crippen LogP contribution is -2.65. The van der Waals surface area contributed by atoms with E-state index in [4.69, 9.17) is 0 Å². The van der Waals surface area contributed by atoms with Crippen LogP contribution in [0.2, 0.25) is 0 Å².